The number of anilines is 1. The lowest BCUT2D eigenvalue weighted by Gasteiger charge is -2.28. The molecule has 1 heterocycles. The van der Waals surface area contributed by atoms with Gasteiger partial charge in [-0.05, 0) is 18.6 Å². The molecule has 1 N–H and O–H groups in total. The van der Waals surface area contributed by atoms with Crippen LogP contribution in [0.2, 0.25) is 0 Å². The fraction of sp³-hybridized carbons (Fsp3) is 0.500. The number of carbonyl (C=O) groups excluding carboxylic acids is 1. The molecule has 9 heteroatoms. The quantitative estimate of drug-likeness (QED) is 0.827. The Morgan fingerprint density at radius 3 is 2.84 bits per heavy atom. The second kappa shape index (κ2) is 8.27. The van der Waals surface area contributed by atoms with E-state index < -0.39 is 27.1 Å². The third-order valence-corrected chi connectivity index (χ3v) is 5.97. The summed E-state index contributed by atoms with van der Waals surface area (Å²) in [5, 5.41) is 8.12. The van der Waals surface area contributed by atoms with E-state index in [1.54, 1.807) is 13.0 Å². The van der Waals surface area contributed by atoms with Crippen LogP contribution in [0.4, 0.5) is 14.9 Å². The van der Waals surface area contributed by atoms with Gasteiger partial charge in [-0.3, -0.25) is 4.90 Å². The molecule has 1 aromatic rings. The predicted molar refractivity (Wildman–Crippen MR) is 91.9 cm³/mol. The first-order valence-corrected chi connectivity index (χ1v) is 9.61. The van der Waals surface area contributed by atoms with Gasteiger partial charge in [-0.25, -0.2) is 22.3 Å². The fourth-order valence-corrected chi connectivity index (χ4v) is 4.23. The molecule has 1 aliphatic heterocycles. The predicted octanol–water partition coefficient (Wildman–Crippen LogP) is 1.68. The summed E-state index contributed by atoms with van der Waals surface area (Å²) in [7, 11) is -3.48. The molecule has 1 saturated heterocycles. The number of nitrogens with zero attached hydrogens (tertiary/aromatic N) is 3. The number of benzene rings is 1. The molecule has 1 unspecified atom stereocenters. The highest BCUT2D eigenvalue weighted by Gasteiger charge is 2.36. The number of rotatable bonds is 6. The molecule has 0 bridgehead atoms. The minimum Gasteiger partial charge on any atom is -0.323 e. The highest BCUT2D eigenvalue weighted by Crippen LogP contribution is 2.23. The Morgan fingerprint density at radius 1 is 1.48 bits per heavy atom. The van der Waals surface area contributed by atoms with Crippen molar-refractivity contribution in [1.29, 1.82) is 5.26 Å². The highest BCUT2D eigenvalue weighted by atomic mass is 32.2. The largest absolute Gasteiger partial charge is 0.324 e. The molecule has 7 nitrogen and oxygen atoms in total. The van der Waals surface area contributed by atoms with Crippen LogP contribution in [-0.4, -0.2) is 50.8 Å². The van der Waals surface area contributed by atoms with Crippen molar-refractivity contribution in [2.24, 2.45) is 0 Å². The maximum atomic E-state index is 14.1. The van der Waals surface area contributed by atoms with E-state index in [0.717, 1.165) is 0 Å². The summed E-state index contributed by atoms with van der Waals surface area (Å²) in [6.45, 7) is 2.34. The minimum absolute atomic E-state index is 0.0391. The van der Waals surface area contributed by atoms with Gasteiger partial charge in [0.1, 0.15) is 5.82 Å². The molecule has 1 atom stereocenters. The molecule has 25 heavy (non-hydrogen) atoms. The van der Waals surface area contributed by atoms with Gasteiger partial charge in [-0.2, -0.15) is 5.26 Å². The number of likely N-dealkylation sites (tertiary alicyclic amines) is 1. The van der Waals surface area contributed by atoms with Crippen LogP contribution in [0.25, 0.3) is 0 Å². The molecule has 2 rings (SSSR count). The first-order chi connectivity index (χ1) is 11.9. The van der Waals surface area contributed by atoms with Crippen molar-refractivity contribution in [1.82, 2.24) is 9.62 Å². The van der Waals surface area contributed by atoms with E-state index in [0.29, 0.717) is 6.42 Å². The molecule has 1 fully saturated rings. The van der Waals surface area contributed by atoms with Crippen molar-refractivity contribution < 1.29 is 17.6 Å². The molecule has 136 valence electrons. The zero-order chi connectivity index (χ0) is 18.4. The zero-order valence-electron chi connectivity index (χ0n) is 14.0. The van der Waals surface area contributed by atoms with E-state index in [2.05, 4.69) is 4.72 Å². The Labute approximate surface area is 147 Å². The Bertz CT molecular complexity index is 763. The molecule has 2 amide bonds. The third kappa shape index (κ3) is 4.46. The lowest BCUT2D eigenvalue weighted by Crippen LogP contribution is -2.44. The summed E-state index contributed by atoms with van der Waals surface area (Å²) in [4.78, 5) is 15.4. The van der Waals surface area contributed by atoms with Gasteiger partial charge < -0.3 is 4.90 Å². The first-order valence-electron chi connectivity index (χ1n) is 8.07. The van der Waals surface area contributed by atoms with Crippen LogP contribution in [-0.2, 0) is 10.0 Å². The van der Waals surface area contributed by atoms with E-state index in [1.165, 1.54) is 28.0 Å². The van der Waals surface area contributed by atoms with Gasteiger partial charge in [0.2, 0.25) is 10.0 Å². The molecule has 0 radical (unpaired) electrons. The van der Waals surface area contributed by atoms with Crippen molar-refractivity contribution in [2.75, 3.05) is 31.1 Å². The van der Waals surface area contributed by atoms with Crippen molar-refractivity contribution in [2.45, 2.75) is 25.0 Å². The Hall–Kier alpha value is -2.18. The summed E-state index contributed by atoms with van der Waals surface area (Å²) in [5.41, 5.74) is 0.0840. The Morgan fingerprint density at radius 2 is 2.20 bits per heavy atom. The maximum absolute atomic E-state index is 14.1. The number of urea groups is 1. The average Bonchev–Trinajstić information content (AvgIpc) is 3.07. The minimum atomic E-state index is -3.48. The highest BCUT2D eigenvalue weighted by molar-refractivity contribution is 7.90. The van der Waals surface area contributed by atoms with E-state index >= 15 is 0 Å². The monoisotopic (exact) mass is 368 g/mol. The van der Waals surface area contributed by atoms with Crippen LogP contribution in [0.3, 0.4) is 0 Å². The van der Waals surface area contributed by atoms with E-state index in [9.17, 15) is 17.6 Å². The molecule has 0 saturated carbocycles. The summed E-state index contributed by atoms with van der Waals surface area (Å²) in [6, 6.07) is 7.28. The first kappa shape index (κ1) is 19.1. The summed E-state index contributed by atoms with van der Waals surface area (Å²) in [5.74, 6) is -0.565. The van der Waals surface area contributed by atoms with Gasteiger partial charge in [0, 0.05) is 26.2 Å². The van der Waals surface area contributed by atoms with Crippen LogP contribution < -0.4 is 9.62 Å². The van der Waals surface area contributed by atoms with Crippen LogP contribution in [0.15, 0.2) is 24.3 Å². The van der Waals surface area contributed by atoms with Crippen LogP contribution in [0, 0.1) is 17.1 Å². The van der Waals surface area contributed by atoms with Crippen molar-refractivity contribution in [3.05, 3.63) is 30.1 Å². The molecule has 0 spiro atoms. The lowest BCUT2D eigenvalue weighted by atomic mass is 10.2. The molecule has 0 aromatic heterocycles. The van der Waals surface area contributed by atoms with Gasteiger partial charge in [0.05, 0.1) is 23.4 Å². The standard InChI is InChI=1S/C16H21FN4O3S/c1-2-19-25(23,24)13-8-11-20(12-13)16(22)21(10-5-9-18)15-7-4-3-6-14(15)17/h3-4,6-7,13,19H,2,5,8,10-12H2,1H3. The number of sulfonamides is 1. The van der Waals surface area contributed by atoms with E-state index in [1.807, 2.05) is 6.07 Å². The number of nitrogens with one attached hydrogen (secondary N) is 1. The number of hydrogen-bond acceptors (Lipinski definition) is 4. The van der Waals surface area contributed by atoms with Crippen LogP contribution in [0.1, 0.15) is 19.8 Å². The molecule has 1 aromatic carbocycles. The number of para-hydroxylation sites is 1. The Kier molecular flexibility index (Phi) is 6.33. The van der Waals surface area contributed by atoms with Gasteiger partial charge in [0.25, 0.3) is 0 Å². The summed E-state index contributed by atoms with van der Waals surface area (Å²) < 4.78 is 40.7. The normalized spacial score (nSPS) is 17.3. The van der Waals surface area contributed by atoms with Gasteiger partial charge in [-0.1, -0.05) is 19.1 Å². The molecular formula is C16H21FN4O3S. The topological polar surface area (TPSA) is 93.5 Å². The van der Waals surface area contributed by atoms with Crippen LogP contribution >= 0.6 is 0 Å². The van der Waals surface area contributed by atoms with Gasteiger partial charge >= 0.3 is 6.03 Å². The number of nitriles is 1. The van der Waals surface area contributed by atoms with E-state index in [-0.39, 0.29) is 38.3 Å². The Balaban J connectivity index is 2.18. The van der Waals surface area contributed by atoms with Crippen molar-refractivity contribution in [3.63, 3.8) is 0 Å². The third-order valence-electron chi connectivity index (χ3n) is 4.02. The van der Waals surface area contributed by atoms with Gasteiger partial charge in [-0.15, -0.1) is 0 Å². The number of carbonyl (C=O) groups is 1. The fourth-order valence-electron chi connectivity index (χ4n) is 2.80. The summed E-state index contributed by atoms with van der Waals surface area (Å²) in [6.07, 6.45) is 0.372. The maximum Gasteiger partial charge on any atom is 0.324 e. The SMILES string of the molecule is CCNS(=O)(=O)C1CCN(C(=O)N(CCC#N)c2ccccc2F)C1. The lowest BCUT2D eigenvalue weighted by molar-refractivity contribution is 0.215. The zero-order valence-corrected chi connectivity index (χ0v) is 14.8. The number of amides is 2. The van der Waals surface area contributed by atoms with Crippen molar-refractivity contribution in [3.8, 4) is 6.07 Å². The summed E-state index contributed by atoms with van der Waals surface area (Å²) >= 11 is 0. The molecular weight excluding hydrogens is 347 g/mol. The molecule has 1 aliphatic rings. The van der Waals surface area contributed by atoms with E-state index in [4.69, 9.17) is 5.26 Å². The smallest absolute Gasteiger partial charge is 0.323 e. The van der Waals surface area contributed by atoms with Crippen LogP contribution in [0.5, 0.6) is 0 Å². The van der Waals surface area contributed by atoms with Gasteiger partial charge in [0.15, 0.2) is 0 Å². The average molecular weight is 368 g/mol. The number of hydrogen-bond donors (Lipinski definition) is 1. The molecule has 0 aliphatic carbocycles. The number of halogens is 1. The second-order valence-electron chi connectivity index (χ2n) is 5.69. The second-order valence-corrected chi connectivity index (χ2v) is 7.74. The van der Waals surface area contributed by atoms with Crippen molar-refractivity contribution >= 4 is 21.7 Å².